The van der Waals surface area contributed by atoms with E-state index in [0.717, 1.165) is 31.3 Å². The Morgan fingerprint density at radius 1 is 1.10 bits per heavy atom. The first kappa shape index (κ1) is 19.5. The van der Waals surface area contributed by atoms with Crippen LogP contribution in [-0.4, -0.2) is 23.1 Å². The van der Waals surface area contributed by atoms with Crippen molar-refractivity contribution in [1.29, 1.82) is 0 Å². The molecule has 0 aromatic rings. The van der Waals surface area contributed by atoms with Crippen molar-refractivity contribution in [2.45, 2.75) is 65.4 Å². The van der Waals surface area contributed by atoms with E-state index in [0.29, 0.717) is 23.3 Å². The van der Waals surface area contributed by atoms with Crippen molar-refractivity contribution in [3.8, 4) is 0 Å². The van der Waals surface area contributed by atoms with Crippen molar-refractivity contribution >= 4 is 29.1 Å². The molecule has 5 heteroatoms. The third-order valence-electron chi connectivity index (χ3n) is 9.50. The number of halogens is 1. The molecule has 5 aliphatic carbocycles. The van der Waals surface area contributed by atoms with Crippen molar-refractivity contribution in [2.75, 3.05) is 0 Å². The van der Waals surface area contributed by atoms with Crippen LogP contribution in [0.2, 0.25) is 0 Å². The number of rotatable bonds is 2. The van der Waals surface area contributed by atoms with E-state index in [2.05, 4.69) is 19.9 Å². The summed E-state index contributed by atoms with van der Waals surface area (Å²) in [5.74, 6) is 1.27. The van der Waals surface area contributed by atoms with Gasteiger partial charge < -0.3 is 4.74 Å². The first-order valence-electron chi connectivity index (χ1n) is 10.9. The zero-order valence-corrected chi connectivity index (χ0v) is 18.3. The number of fused-ring (bicyclic) bond motifs is 7. The summed E-state index contributed by atoms with van der Waals surface area (Å²) in [5, 5.41) is 0.713. The van der Waals surface area contributed by atoms with Crippen LogP contribution in [0.1, 0.15) is 59.8 Å². The molecule has 0 heterocycles. The molecule has 0 saturated heterocycles. The van der Waals surface area contributed by atoms with Crippen LogP contribution >= 0.6 is 11.6 Å². The fourth-order valence-electron chi connectivity index (χ4n) is 8.03. The normalized spacial score (nSPS) is 49.7. The van der Waals surface area contributed by atoms with Gasteiger partial charge in [0, 0.05) is 28.7 Å². The highest BCUT2D eigenvalue weighted by atomic mass is 35.5. The second-order valence-corrected chi connectivity index (χ2v) is 10.9. The molecule has 3 fully saturated rings. The third kappa shape index (κ3) is 2.24. The van der Waals surface area contributed by atoms with Gasteiger partial charge in [-0.1, -0.05) is 31.5 Å². The summed E-state index contributed by atoms with van der Waals surface area (Å²) >= 11 is 6.79. The van der Waals surface area contributed by atoms with Crippen molar-refractivity contribution in [3.05, 3.63) is 22.8 Å². The molecule has 0 aromatic heterocycles. The van der Waals surface area contributed by atoms with Crippen molar-refractivity contribution in [3.63, 3.8) is 0 Å². The number of ketones is 2. The highest BCUT2D eigenvalue weighted by Gasteiger charge is 2.70. The number of Topliss-reactive ketones (excluding diaryl/α,β-unsaturated/α-hetero) is 1. The molecule has 5 aliphatic rings. The molecule has 0 aliphatic heterocycles. The van der Waals surface area contributed by atoms with Crippen LogP contribution in [0.3, 0.4) is 0 Å². The predicted octanol–water partition coefficient (Wildman–Crippen LogP) is 4.61. The average Bonchev–Trinajstić information content (AvgIpc) is 3.39. The quantitative estimate of drug-likeness (QED) is 0.617. The number of allylic oxidation sites excluding steroid dienone is 4. The van der Waals surface area contributed by atoms with E-state index >= 15 is 0 Å². The summed E-state index contributed by atoms with van der Waals surface area (Å²) in [7, 11) is 0. The number of carbonyl (C=O) groups is 3. The lowest BCUT2D eigenvalue weighted by molar-refractivity contribution is -0.185. The Kier molecular flexibility index (Phi) is 3.93. The summed E-state index contributed by atoms with van der Waals surface area (Å²) in [6, 6.07) is 0. The fourth-order valence-corrected chi connectivity index (χ4v) is 8.43. The van der Waals surface area contributed by atoms with Crippen LogP contribution in [-0.2, 0) is 19.1 Å². The molecule has 3 saturated carbocycles. The van der Waals surface area contributed by atoms with Crippen molar-refractivity contribution < 1.29 is 19.1 Å². The Morgan fingerprint density at radius 2 is 1.79 bits per heavy atom. The summed E-state index contributed by atoms with van der Waals surface area (Å²) in [6.07, 6.45) is 8.18. The summed E-state index contributed by atoms with van der Waals surface area (Å²) < 4.78 is 5.82. The van der Waals surface area contributed by atoms with Crippen LogP contribution in [0.15, 0.2) is 22.8 Å². The largest absolute Gasteiger partial charge is 0.451 e. The van der Waals surface area contributed by atoms with E-state index < -0.39 is 5.60 Å². The zero-order chi connectivity index (χ0) is 20.9. The van der Waals surface area contributed by atoms with Gasteiger partial charge in [0.05, 0.1) is 0 Å². The second kappa shape index (κ2) is 5.84. The number of esters is 1. The highest BCUT2D eigenvalue weighted by molar-refractivity contribution is 6.32. The fraction of sp³-hybridized carbons (Fsp3) is 0.708. The lowest BCUT2D eigenvalue weighted by Crippen LogP contribution is -2.58. The monoisotopic (exact) mass is 416 g/mol. The Morgan fingerprint density at radius 3 is 2.45 bits per heavy atom. The van der Waals surface area contributed by atoms with E-state index in [1.54, 1.807) is 6.92 Å². The van der Waals surface area contributed by atoms with Crippen LogP contribution < -0.4 is 0 Å². The lowest BCUT2D eigenvalue weighted by atomic mass is 9.47. The summed E-state index contributed by atoms with van der Waals surface area (Å²) in [6.45, 7) is 7.42. The van der Waals surface area contributed by atoms with Gasteiger partial charge in [0.2, 0.25) is 0 Å². The minimum absolute atomic E-state index is 0.0423. The maximum Gasteiger partial charge on any atom is 0.303 e. The molecule has 0 radical (unpaired) electrons. The SMILES string of the molecule is CC(=O)O[C@@]1(C(C)=O)CC[C@@H]2[C@H]3C=C(Cl)C4=CC(=O)[C@H]5C[C@@H]5[C@]4(C)[C@@H]3CC[C@]21C. The summed E-state index contributed by atoms with van der Waals surface area (Å²) in [5.41, 5.74) is -0.455. The van der Waals surface area contributed by atoms with E-state index in [9.17, 15) is 14.4 Å². The molecule has 0 spiro atoms. The maximum absolute atomic E-state index is 12.8. The third-order valence-corrected chi connectivity index (χ3v) is 9.83. The number of carbonyl (C=O) groups excluding carboxylic acids is 3. The topological polar surface area (TPSA) is 60.4 Å². The first-order chi connectivity index (χ1) is 13.6. The highest BCUT2D eigenvalue weighted by Crippen LogP contribution is 2.72. The van der Waals surface area contributed by atoms with Gasteiger partial charge in [-0.2, -0.15) is 0 Å². The van der Waals surface area contributed by atoms with Gasteiger partial charge in [0.1, 0.15) is 0 Å². The van der Waals surface area contributed by atoms with Gasteiger partial charge in [0.25, 0.3) is 0 Å². The molecule has 5 rings (SSSR count). The summed E-state index contributed by atoms with van der Waals surface area (Å²) in [4.78, 5) is 37.1. The van der Waals surface area contributed by atoms with Crippen LogP contribution in [0, 0.1) is 40.4 Å². The smallest absolute Gasteiger partial charge is 0.303 e. The first-order valence-corrected chi connectivity index (χ1v) is 11.3. The molecule has 4 nitrogen and oxygen atoms in total. The standard InChI is InChI=1S/C24H29ClO4/c1-12(26)24(29-13(2)27)8-6-16-14-10-20(25)19-11-21(28)15-9-18(15)23(19,4)17(14)5-7-22(16,24)3/h10-11,14-18H,5-9H2,1-4H3/t14-,15+,16-,17-,18+,22-,23+,24-/m1/s1. The zero-order valence-electron chi connectivity index (χ0n) is 17.6. The van der Waals surface area contributed by atoms with Gasteiger partial charge in [-0.25, -0.2) is 0 Å². The van der Waals surface area contributed by atoms with Gasteiger partial charge in [0.15, 0.2) is 17.2 Å². The Hall–Kier alpha value is -1.42. The Labute approximate surface area is 177 Å². The molecule has 156 valence electrons. The molecule has 29 heavy (non-hydrogen) atoms. The van der Waals surface area contributed by atoms with Gasteiger partial charge >= 0.3 is 5.97 Å². The van der Waals surface area contributed by atoms with E-state index in [4.69, 9.17) is 16.3 Å². The van der Waals surface area contributed by atoms with Crippen LogP contribution in [0.4, 0.5) is 0 Å². The number of hydrogen-bond acceptors (Lipinski definition) is 4. The molecular weight excluding hydrogens is 388 g/mol. The van der Waals surface area contributed by atoms with Crippen LogP contribution in [0.25, 0.3) is 0 Å². The molecular formula is C24H29ClO4. The van der Waals surface area contributed by atoms with Gasteiger partial charge in [-0.3, -0.25) is 14.4 Å². The van der Waals surface area contributed by atoms with Gasteiger partial charge in [-0.05, 0) is 74.3 Å². The minimum Gasteiger partial charge on any atom is -0.451 e. The van der Waals surface area contributed by atoms with E-state index in [1.165, 1.54) is 6.92 Å². The van der Waals surface area contributed by atoms with Crippen molar-refractivity contribution in [2.24, 2.45) is 40.4 Å². The predicted molar refractivity (Wildman–Crippen MR) is 109 cm³/mol. The Bertz CT molecular complexity index is 903. The molecule has 0 bridgehead atoms. The molecule has 0 N–H and O–H groups in total. The average molecular weight is 417 g/mol. The molecule has 0 unspecified atom stereocenters. The van der Waals surface area contributed by atoms with Gasteiger partial charge in [-0.15, -0.1) is 0 Å². The van der Waals surface area contributed by atoms with E-state index in [1.807, 2.05) is 6.08 Å². The molecule has 8 atom stereocenters. The van der Waals surface area contributed by atoms with Crippen LogP contribution in [0.5, 0.6) is 0 Å². The minimum atomic E-state index is -1.03. The molecule has 0 aromatic carbocycles. The lowest BCUT2D eigenvalue weighted by Gasteiger charge is -2.57. The van der Waals surface area contributed by atoms with Crippen molar-refractivity contribution in [1.82, 2.24) is 0 Å². The Balaban J connectivity index is 1.60. The number of hydrogen-bond donors (Lipinski definition) is 0. The van der Waals surface area contributed by atoms with E-state index in [-0.39, 0.29) is 46.1 Å². The number of ether oxygens (including phenoxy) is 1. The maximum atomic E-state index is 12.8. The molecule has 0 amide bonds. The second-order valence-electron chi connectivity index (χ2n) is 10.5.